The van der Waals surface area contributed by atoms with Gasteiger partial charge in [-0.15, -0.1) is 21.5 Å². The van der Waals surface area contributed by atoms with Crippen molar-refractivity contribution >= 4 is 29.0 Å². The lowest BCUT2D eigenvalue weighted by Gasteiger charge is -2.33. The number of thioether (sulfide) groups is 1. The summed E-state index contributed by atoms with van der Waals surface area (Å²) >= 11 is 3.27. The number of carbonyl (C=O) groups is 1. The predicted octanol–water partition coefficient (Wildman–Crippen LogP) is 3.91. The molecule has 1 amide bonds. The molecule has 0 saturated heterocycles. The van der Waals surface area contributed by atoms with Gasteiger partial charge in [0.05, 0.1) is 23.8 Å². The van der Waals surface area contributed by atoms with Gasteiger partial charge in [-0.1, -0.05) is 32.5 Å². The Bertz CT molecular complexity index is 896. The minimum absolute atomic E-state index is 0.0495. The van der Waals surface area contributed by atoms with Crippen LogP contribution in [0.3, 0.4) is 0 Å². The molecule has 0 N–H and O–H groups in total. The Balaban J connectivity index is 1.66. The quantitative estimate of drug-likeness (QED) is 0.480. The van der Waals surface area contributed by atoms with Crippen molar-refractivity contribution in [2.45, 2.75) is 45.2 Å². The Morgan fingerprint density at radius 3 is 2.56 bits per heavy atom. The number of fused-ring (bicyclic) bond motifs is 1. The van der Waals surface area contributed by atoms with Crippen molar-refractivity contribution in [3.8, 4) is 10.7 Å². The number of aromatic nitrogens is 3. The van der Waals surface area contributed by atoms with Gasteiger partial charge in [0.15, 0.2) is 11.0 Å². The summed E-state index contributed by atoms with van der Waals surface area (Å²) in [6.45, 7) is 9.15. The second-order valence-electron chi connectivity index (χ2n) is 9.39. The van der Waals surface area contributed by atoms with E-state index in [4.69, 9.17) is 9.47 Å². The lowest BCUT2D eigenvalue weighted by molar-refractivity contribution is -0.129. The molecule has 0 spiro atoms. The number of thiophene rings is 1. The highest BCUT2D eigenvalue weighted by molar-refractivity contribution is 7.99. The molecule has 2 aromatic rings. The van der Waals surface area contributed by atoms with E-state index in [1.165, 1.54) is 33.5 Å². The van der Waals surface area contributed by atoms with Crippen LogP contribution in [0, 0.1) is 11.3 Å². The highest BCUT2D eigenvalue weighted by atomic mass is 32.2. The maximum absolute atomic E-state index is 12.7. The van der Waals surface area contributed by atoms with Crippen LogP contribution in [0.5, 0.6) is 0 Å². The number of carbonyl (C=O) groups excluding carboxylic acids is 1. The average molecular weight is 481 g/mol. The summed E-state index contributed by atoms with van der Waals surface area (Å²) in [5.41, 5.74) is 1.80. The first kappa shape index (κ1) is 25.2. The van der Waals surface area contributed by atoms with Gasteiger partial charge in [0, 0.05) is 39.2 Å². The van der Waals surface area contributed by atoms with E-state index in [2.05, 4.69) is 37.0 Å². The number of hydrogen-bond acceptors (Lipinski definition) is 7. The van der Waals surface area contributed by atoms with E-state index in [-0.39, 0.29) is 5.91 Å². The van der Waals surface area contributed by atoms with Gasteiger partial charge < -0.3 is 18.9 Å². The van der Waals surface area contributed by atoms with Gasteiger partial charge >= 0.3 is 0 Å². The molecule has 1 atom stereocenters. The van der Waals surface area contributed by atoms with Crippen molar-refractivity contribution in [1.29, 1.82) is 0 Å². The van der Waals surface area contributed by atoms with E-state index in [0.717, 1.165) is 23.8 Å². The van der Waals surface area contributed by atoms with Gasteiger partial charge in [-0.3, -0.25) is 4.79 Å². The molecule has 9 heteroatoms. The van der Waals surface area contributed by atoms with E-state index in [0.29, 0.717) is 43.4 Å². The van der Waals surface area contributed by atoms with Gasteiger partial charge in [0.25, 0.3) is 0 Å². The number of amides is 1. The maximum Gasteiger partial charge on any atom is 0.233 e. The topological polar surface area (TPSA) is 69.5 Å². The highest BCUT2D eigenvalue weighted by Gasteiger charge is 2.30. The van der Waals surface area contributed by atoms with Gasteiger partial charge in [-0.05, 0) is 42.2 Å². The van der Waals surface area contributed by atoms with Crippen LogP contribution in [0.2, 0.25) is 0 Å². The molecule has 178 valence electrons. The molecule has 0 aliphatic heterocycles. The molecule has 0 fully saturated rings. The number of methoxy groups -OCH3 is 2. The number of rotatable bonds is 10. The molecule has 1 aliphatic carbocycles. The monoisotopic (exact) mass is 480 g/mol. The average Bonchev–Trinajstić information content (AvgIpc) is 3.33. The molecule has 3 rings (SSSR count). The molecule has 7 nitrogen and oxygen atoms in total. The number of hydrogen-bond donors (Lipinski definition) is 0. The smallest absolute Gasteiger partial charge is 0.233 e. The van der Waals surface area contributed by atoms with Crippen molar-refractivity contribution in [3.63, 3.8) is 0 Å². The molecule has 0 aromatic carbocycles. The lowest BCUT2D eigenvalue weighted by Crippen LogP contribution is -2.37. The van der Waals surface area contributed by atoms with Crippen LogP contribution < -0.4 is 0 Å². The van der Waals surface area contributed by atoms with E-state index >= 15 is 0 Å². The summed E-state index contributed by atoms with van der Waals surface area (Å²) < 4.78 is 12.3. The first-order chi connectivity index (χ1) is 15.2. The van der Waals surface area contributed by atoms with E-state index in [1.807, 2.05) is 23.0 Å². The number of nitrogens with zero attached hydrogens (tertiary/aromatic N) is 4. The Labute approximate surface area is 199 Å². The van der Waals surface area contributed by atoms with Crippen molar-refractivity contribution in [3.05, 3.63) is 16.5 Å². The molecule has 2 aromatic heterocycles. The van der Waals surface area contributed by atoms with Crippen LogP contribution in [0.15, 0.2) is 11.2 Å². The molecule has 32 heavy (non-hydrogen) atoms. The minimum Gasteiger partial charge on any atom is -0.383 e. The summed E-state index contributed by atoms with van der Waals surface area (Å²) in [7, 11) is 5.26. The zero-order valence-electron chi connectivity index (χ0n) is 20.1. The third kappa shape index (κ3) is 6.12. The number of ether oxygens (including phenoxy) is 2. The zero-order valence-corrected chi connectivity index (χ0v) is 21.8. The fourth-order valence-corrected chi connectivity index (χ4v) is 6.05. The highest BCUT2D eigenvalue weighted by Crippen LogP contribution is 2.42. The molecule has 0 bridgehead atoms. The molecule has 1 unspecified atom stereocenters. The van der Waals surface area contributed by atoms with Crippen molar-refractivity contribution in [1.82, 2.24) is 19.7 Å². The van der Waals surface area contributed by atoms with Crippen LogP contribution >= 0.6 is 23.1 Å². The van der Waals surface area contributed by atoms with E-state index < -0.39 is 0 Å². The van der Waals surface area contributed by atoms with Crippen LogP contribution in [0.25, 0.3) is 10.7 Å². The molecular formula is C23H36N4O3S2. The SMILES string of the molecule is COCCN(CCOC)C(=O)CSc1nnc(-c2cc3c(s2)CCC(C(C)(C)C)C3)n1C. The zero-order chi connectivity index (χ0) is 23.3. The van der Waals surface area contributed by atoms with E-state index in [1.54, 1.807) is 19.1 Å². The summed E-state index contributed by atoms with van der Waals surface area (Å²) in [6.07, 6.45) is 3.54. The van der Waals surface area contributed by atoms with E-state index in [9.17, 15) is 4.79 Å². The summed E-state index contributed by atoms with van der Waals surface area (Å²) in [6, 6.07) is 2.30. The molecular weight excluding hydrogens is 444 g/mol. The van der Waals surface area contributed by atoms with Crippen molar-refractivity contribution in [2.75, 3.05) is 46.3 Å². The third-order valence-electron chi connectivity index (χ3n) is 6.17. The Hall–Kier alpha value is -1.42. The molecule has 0 saturated carbocycles. The van der Waals surface area contributed by atoms with Crippen LogP contribution in [-0.2, 0) is 34.2 Å². The first-order valence-corrected chi connectivity index (χ1v) is 12.9. The Morgan fingerprint density at radius 2 is 1.94 bits per heavy atom. The fraction of sp³-hybridized carbons (Fsp3) is 0.696. The van der Waals surface area contributed by atoms with Crippen LogP contribution in [0.1, 0.15) is 37.6 Å². The molecule has 2 heterocycles. The van der Waals surface area contributed by atoms with Crippen LogP contribution in [-0.4, -0.2) is 71.8 Å². The minimum atomic E-state index is 0.0495. The second kappa shape index (κ2) is 11.1. The van der Waals surface area contributed by atoms with Crippen molar-refractivity contribution < 1.29 is 14.3 Å². The Morgan fingerprint density at radius 1 is 1.25 bits per heavy atom. The maximum atomic E-state index is 12.7. The summed E-state index contributed by atoms with van der Waals surface area (Å²) in [5, 5.41) is 9.58. The van der Waals surface area contributed by atoms with Gasteiger partial charge in [-0.2, -0.15) is 0 Å². The fourth-order valence-electron chi connectivity index (χ4n) is 4.01. The predicted molar refractivity (Wildman–Crippen MR) is 130 cm³/mol. The molecule has 0 radical (unpaired) electrons. The Kier molecular flexibility index (Phi) is 8.77. The molecule has 1 aliphatic rings. The third-order valence-corrected chi connectivity index (χ3v) is 8.41. The lowest BCUT2D eigenvalue weighted by atomic mass is 9.72. The number of aryl methyl sites for hydroxylation is 1. The summed E-state index contributed by atoms with van der Waals surface area (Å²) in [5.74, 6) is 1.96. The van der Waals surface area contributed by atoms with Gasteiger partial charge in [-0.25, -0.2) is 0 Å². The van der Waals surface area contributed by atoms with Crippen molar-refractivity contribution in [2.24, 2.45) is 18.4 Å². The van der Waals surface area contributed by atoms with Crippen LogP contribution in [0.4, 0.5) is 0 Å². The second-order valence-corrected chi connectivity index (χ2v) is 11.5. The largest absolute Gasteiger partial charge is 0.383 e. The van der Waals surface area contributed by atoms with Gasteiger partial charge in [0.1, 0.15) is 0 Å². The standard InChI is InChI=1S/C23H36N4O3S2/c1-23(2,3)17-7-8-18-16(13-17)14-19(32-18)21-24-25-22(26(21)4)31-15-20(28)27(9-11-29-5)10-12-30-6/h14,17H,7-13,15H2,1-6H3. The summed E-state index contributed by atoms with van der Waals surface area (Å²) in [4.78, 5) is 17.1. The first-order valence-electron chi connectivity index (χ1n) is 11.1. The van der Waals surface area contributed by atoms with Gasteiger partial charge in [0.2, 0.25) is 5.91 Å². The normalized spacial score (nSPS) is 16.2.